The van der Waals surface area contributed by atoms with Crippen LogP contribution in [-0.2, 0) is 14.3 Å². The summed E-state index contributed by atoms with van der Waals surface area (Å²) in [5, 5.41) is 21.9. The van der Waals surface area contributed by atoms with Gasteiger partial charge >= 0.3 is 11.9 Å². The van der Waals surface area contributed by atoms with E-state index in [-0.39, 0.29) is 39.0 Å². The first kappa shape index (κ1) is 27.2. The van der Waals surface area contributed by atoms with E-state index < -0.39 is 23.6 Å². The van der Waals surface area contributed by atoms with Gasteiger partial charge in [-0.2, -0.15) is 0 Å². The Morgan fingerprint density at radius 3 is 2.19 bits per heavy atom. The van der Waals surface area contributed by atoms with Crippen molar-refractivity contribution in [1.82, 2.24) is 0 Å². The molecule has 5 nitrogen and oxygen atoms in total. The van der Waals surface area contributed by atoms with Gasteiger partial charge in [-0.25, -0.2) is 0 Å². The molecule has 9 unspecified atom stereocenters. The number of carboxylic acid groups (broad SMARTS) is 1. The number of esters is 1. The Kier molecular flexibility index (Phi) is 5.95. The Labute approximate surface area is 223 Å². The highest BCUT2D eigenvalue weighted by atomic mass is 16.6. The molecule has 0 amide bonds. The van der Waals surface area contributed by atoms with Gasteiger partial charge in [-0.1, -0.05) is 60.1 Å². The third-order valence-corrected chi connectivity index (χ3v) is 13.3. The van der Waals surface area contributed by atoms with E-state index >= 15 is 0 Å². The van der Waals surface area contributed by atoms with Crippen LogP contribution in [0.1, 0.15) is 113 Å². The molecule has 5 aliphatic rings. The number of ether oxygens (including phenoxy) is 1. The Hall–Kier alpha value is -1.36. The largest absolute Gasteiger partial charge is 0.481 e. The number of aliphatic hydroxyl groups is 1. The Bertz CT molecular complexity index is 1030. The van der Waals surface area contributed by atoms with E-state index in [1.54, 1.807) is 0 Å². The molecule has 0 saturated heterocycles. The molecule has 0 heterocycles. The smallest absolute Gasteiger partial charge is 0.310 e. The first-order chi connectivity index (χ1) is 16.9. The summed E-state index contributed by atoms with van der Waals surface area (Å²) in [5.74, 6) is -0.0733. The standard InChI is InChI=1S/C32H50O5/c1-19(33)37-22-18-29(6)23(28(4,5)25(22)34)11-12-31(8)24(29)10-9-20-21-17-27(2,3)13-15-32(21,26(35)36)16-14-30(20,31)7/h9,21-25,34H,10-18H2,1-8H3,(H,35,36). The minimum Gasteiger partial charge on any atom is -0.481 e. The summed E-state index contributed by atoms with van der Waals surface area (Å²) < 4.78 is 5.76. The lowest BCUT2D eigenvalue weighted by atomic mass is 9.33. The molecule has 0 bridgehead atoms. The van der Waals surface area contributed by atoms with Crippen molar-refractivity contribution in [3.05, 3.63) is 11.6 Å². The first-order valence-corrected chi connectivity index (χ1v) is 14.7. The lowest BCUT2D eigenvalue weighted by Gasteiger charge is -2.71. The summed E-state index contributed by atoms with van der Waals surface area (Å²) in [6.07, 6.45) is 9.50. The minimum atomic E-state index is -0.667. The van der Waals surface area contributed by atoms with Gasteiger partial charge in [-0.15, -0.1) is 0 Å². The van der Waals surface area contributed by atoms with Crippen molar-refractivity contribution in [1.29, 1.82) is 0 Å². The topological polar surface area (TPSA) is 83.8 Å². The molecule has 0 aromatic rings. The van der Waals surface area contributed by atoms with Crippen LogP contribution in [0.5, 0.6) is 0 Å². The fraction of sp³-hybridized carbons (Fsp3) is 0.875. The molecule has 5 heteroatoms. The second-order valence-electron chi connectivity index (χ2n) is 15.8. The number of allylic oxidation sites excluding steroid dienone is 2. The van der Waals surface area contributed by atoms with Crippen molar-refractivity contribution in [2.24, 2.45) is 50.2 Å². The van der Waals surface area contributed by atoms with Crippen molar-refractivity contribution >= 4 is 11.9 Å². The molecule has 2 N–H and O–H groups in total. The van der Waals surface area contributed by atoms with Crippen molar-refractivity contribution < 1.29 is 24.5 Å². The molecule has 4 saturated carbocycles. The molecule has 0 aromatic heterocycles. The van der Waals surface area contributed by atoms with E-state index in [1.165, 1.54) is 12.5 Å². The fourth-order valence-corrected chi connectivity index (χ4v) is 11.0. The maximum atomic E-state index is 12.8. The van der Waals surface area contributed by atoms with E-state index in [9.17, 15) is 19.8 Å². The van der Waals surface area contributed by atoms with Crippen LogP contribution in [0.25, 0.3) is 0 Å². The van der Waals surface area contributed by atoms with Gasteiger partial charge in [0.15, 0.2) is 0 Å². The fourth-order valence-electron chi connectivity index (χ4n) is 11.0. The summed E-state index contributed by atoms with van der Waals surface area (Å²) in [6, 6.07) is 0. The molecule has 4 fully saturated rings. The second-order valence-corrected chi connectivity index (χ2v) is 15.8. The Morgan fingerprint density at radius 1 is 0.919 bits per heavy atom. The quantitative estimate of drug-likeness (QED) is 0.314. The van der Waals surface area contributed by atoms with Crippen LogP contribution in [0, 0.1) is 50.2 Å². The van der Waals surface area contributed by atoms with E-state index in [1.807, 2.05) is 0 Å². The van der Waals surface area contributed by atoms with E-state index in [2.05, 4.69) is 54.5 Å². The number of rotatable bonds is 2. The first-order valence-electron chi connectivity index (χ1n) is 14.7. The van der Waals surface area contributed by atoms with Crippen molar-refractivity contribution in [3.63, 3.8) is 0 Å². The summed E-state index contributed by atoms with van der Waals surface area (Å²) in [5.41, 5.74) is 0.534. The van der Waals surface area contributed by atoms with Crippen LogP contribution in [0.4, 0.5) is 0 Å². The lowest BCUT2D eigenvalue weighted by molar-refractivity contribution is -0.237. The number of aliphatic carboxylic acids is 1. The molecule has 9 atom stereocenters. The van der Waals surface area contributed by atoms with Crippen LogP contribution >= 0.6 is 0 Å². The molecule has 0 radical (unpaired) electrons. The van der Waals surface area contributed by atoms with Crippen LogP contribution in [0.2, 0.25) is 0 Å². The number of carbonyl (C=O) groups is 2. The predicted octanol–water partition coefficient (Wildman–Crippen LogP) is 6.78. The minimum absolute atomic E-state index is 0.0354. The van der Waals surface area contributed by atoms with Crippen LogP contribution in [0.3, 0.4) is 0 Å². The SMILES string of the molecule is CC(=O)OC1CC2(C)C(CCC3(C)C2CC=C2C4CC(C)(C)CCC4(C(=O)O)CCC23C)C(C)(C)C1O. The van der Waals surface area contributed by atoms with Gasteiger partial charge in [0.25, 0.3) is 0 Å². The van der Waals surface area contributed by atoms with Gasteiger partial charge in [0.1, 0.15) is 6.10 Å². The maximum absolute atomic E-state index is 12.8. The molecule has 0 spiro atoms. The Balaban J connectivity index is 1.59. The molecule has 5 aliphatic carbocycles. The molecule has 0 aliphatic heterocycles. The van der Waals surface area contributed by atoms with Crippen LogP contribution < -0.4 is 0 Å². The van der Waals surface area contributed by atoms with E-state index in [4.69, 9.17) is 4.74 Å². The summed E-state index contributed by atoms with van der Waals surface area (Å²) in [6.45, 7) is 17.7. The normalized spacial score (nSPS) is 49.9. The molecular weight excluding hydrogens is 464 g/mol. The predicted molar refractivity (Wildman–Crippen MR) is 144 cm³/mol. The zero-order chi connectivity index (χ0) is 27.4. The molecule has 0 aromatic carbocycles. The second kappa shape index (κ2) is 8.08. The summed E-state index contributed by atoms with van der Waals surface area (Å²) >= 11 is 0. The number of carboxylic acids is 1. The average molecular weight is 515 g/mol. The number of aliphatic hydroxyl groups excluding tert-OH is 1. The number of fused-ring (bicyclic) bond motifs is 7. The van der Waals surface area contributed by atoms with Gasteiger partial charge in [0, 0.05) is 6.92 Å². The summed E-state index contributed by atoms with van der Waals surface area (Å²) in [7, 11) is 0. The zero-order valence-electron chi connectivity index (χ0n) is 24.4. The average Bonchev–Trinajstić information content (AvgIpc) is 2.77. The third kappa shape index (κ3) is 3.50. The van der Waals surface area contributed by atoms with Gasteiger partial charge in [-0.05, 0) is 103 Å². The van der Waals surface area contributed by atoms with Crippen molar-refractivity contribution in [2.75, 3.05) is 0 Å². The number of hydrogen-bond acceptors (Lipinski definition) is 4. The maximum Gasteiger partial charge on any atom is 0.310 e. The molecular formula is C32H50O5. The van der Waals surface area contributed by atoms with Crippen molar-refractivity contribution in [2.45, 2.75) is 125 Å². The molecule has 5 rings (SSSR count). The van der Waals surface area contributed by atoms with Crippen molar-refractivity contribution in [3.8, 4) is 0 Å². The van der Waals surface area contributed by atoms with E-state index in [0.29, 0.717) is 18.3 Å². The van der Waals surface area contributed by atoms with Crippen LogP contribution in [0.15, 0.2) is 11.6 Å². The van der Waals surface area contributed by atoms with Gasteiger partial charge < -0.3 is 14.9 Å². The number of carbonyl (C=O) groups excluding carboxylic acids is 1. The lowest BCUT2D eigenvalue weighted by Crippen LogP contribution is -2.67. The van der Waals surface area contributed by atoms with Gasteiger partial charge in [0.2, 0.25) is 0 Å². The van der Waals surface area contributed by atoms with Crippen LogP contribution in [-0.4, -0.2) is 34.4 Å². The monoisotopic (exact) mass is 514 g/mol. The number of hydrogen-bond donors (Lipinski definition) is 2. The van der Waals surface area contributed by atoms with Gasteiger partial charge in [0.05, 0.1) is 11.5 Å². The summed E-state index contributed by atoms with van der Waals surface area (Å²) in [4.78, 5) is 24.8. The molecule has 37 heavy (non-hydrogen) atoms. The Morgan fingerprint density at radius 2 is 1.57 bits per heavy atom. The molecule has 208 valence electrons. The highest BCUT2D eigenvalue weighted by Gasteiger charge is 2.70. The van der Waals surface area contributed by atoms with E-state index in [0.717, 1.165) is 51.4 Å². The highest BCUT2D eigenvalue weighted by molar-refractivity contribution is 5.76. The highest BCUT2D eigenvalue weighted by Crippen LogP contribution is 2.75. The third-order valence-electron chi connectivity index (χ3n) is 13.3. The zero-order valence-corrected chi connectivity index (χ0v) is 24.4. The van der Waals surface area contributed by atoms with Gasteiger partial charge in [-0.3, -0.25) is 9.59 Å².